The molecule has 2 saturated carbocycles. The summed E-state index contributed by atoms with van der Waals surface area (Å²) in [5.74, 6) is -3.55. The van der Waals surface area contributed by atoms with Crippen molar-refractivity contribution in [3.05, 3.63) is 41.4 Å². The maximum atomic E-state index is 13.2. The number of carbonyl (C=O) groups excluding carboxylic acids is 3. The summed E-state index contributed by atoms with van der Waals surface area (Å²) in [6, 6.07) is 5.34. The van der Waals surface area contributed by atoms with Gasteiger partial charge in [-0.05, 0) is 48.3 Å². The Hall–Kier alpha value is -2.35. The van der Waals surface area contributed by atoms with E-state index in [1.54, 1.807) is 0 Å². The minimum absolute atomic E-state index is 0.0469. The molecule has 1 heterocycles. The minimum atomic E-state index is -5.16. The van der Waals surface area contributed by atoms with Crippen LogP contribution >= 0.6 is 11.6 Å². The molecule has 1 aromatic rings. The number of benzene rings is 1. The third-order valence-electron chi connectivity index (χ3n) is 6.64. The van der Waals surface area contributed by atoms with Crippen LogP contribution in [-0.2, 0) is 14.4 Å². The molecule has 0 radical (unpaired) electrons. The molecule has 0 unspecified atom stereocenters. The molecule has 29 heavy (non-hydrogen) atoms. The number of amides is 3. The summed E-state index contributed by atoms with van der Waals surface area (Å²) < 4.78 is 39.7. The van der Waals surface area contributed by atoms with Gasteiger partial charge in [-0.25, -0.2) is 0 Å². The van der Waals surface area contributed by atoms with Crippen molar-refractivity contribution in [1.29, 1.82) is 0 Å². The number of halogens is 4. The Kier molecular flexibility index (Phi) is 3.91. The first-order chi connectivity index (χ1) is 13.7. The Balaban J connectivity index is 1.47. The van der Waals surface area contributed by atoms with Crippen LogP contribution in [0.5, 0.6) is 0 Å². The third-order valence-corrected chi connectivity index (χ3v) is 6.88. The van der Waals surface area contributed by atoms with Gasteiger partial charge >= 0.3 is 12.1 Å². The van der Waals surface area contributed by atoms with Gasteiger partial charge in [0.25, 0.3) is 0 Å². The first-order valence-electron chi connectivity index (χ1n) is 9.36. The lowest BCUT2D eigenvalue weighted by Gasteiger charge is -2.37. The van der Waals surface area contributed by atoms with Gasteiger partial charge in [0.15, 0.2) is 0 Å². The highest BCUT2D eigenvalue weighted by molar-refractivity contribution is 6.31. The standard InChI is InChI=1S/C20H16ClF3N2O3/c21-9-2-1-3-10(6-9)25(19(29)20(22,23)24)8-26-17(27)15-11-4-5-12(14-7-13(11)14)16(15)18(26)28/h1-6,11-16H,7-8H2/t11-,12+,13-,14-,15+,16-/m1/s1. The van der Waals surface area contributed by atoms with E-state index in [4.69, 9.17) is 11.6 Å². The molecule has 5 aliphatic rings. The fraction of sp³-hybridized carbons (Fsp3) is 0.450. The summed E-state index contributed by atoms with van der Waals surface area (Å²) in [6.07, 6.45) is -0.227. The molecule has 152 valence electrons. The fourth-order valence-corrected chi connectivity index (χ4v) is 5.54. The molecule has 1 aliphatic heterocycles. The normalized spacial score (nSPS) is 34.3. The van der Waals surface area contributed by atoms with Crippen LogP contribution in [0.2, 0.25) is 5.02 Å². The van der Waals surface area contributed by atoms with E-state index >= 15 is 0 Å². The van der Waals surface area contributed by atoms with Crippen LogP contribution in [-0.4, -0.2) is 35.5 Å². The number of rotatable bonds is 3. The summed E-state index contributed by atoms with van der Waals surface area (Å²) >= 11 is 5.87. The molecule has 1 saturated heterocycles. The Labute approximate surface area is 169 Å². The van der Waals surface area contributed by atoms with Gasteiger partial charge < -0.3 is 0 Å². The lowest BCUT2D eigenvalue weighted by Crippen LogP contribution is -2.49. The van der Waals surface area contributed by atoms with E-state index in [0.717, 1.165) is 11.3 Å². The number of anilines is 1. The Morgan fingerprint density at radius 2 is 1.69 bits per heavy atom. The number of imide groups is 1. The zero-order chi connectivity index (χ0) is 20.7. The molecule has 1 aromatic carbocycles. The minimum Gasteiger partial charge on any atom is -0.286 e. The van der Waals surface area contributed by atoms with Crippen molar-refractivity contribution >= 4 is 35.0 Å². The molecule has 5 nitrogen and oxygen atoms in total. The van der Waals surface area contributed by atoms with Crippen molar-refractivity contribution in [2.75, 3.05) is 11.6 Å². The van der Waals surface area contributed by atoms with Crippen molar-refractivity contribution in [1.82, 2.24) is 4.90 Å². The number of alkyl halides is 3. The van der Waals surface area contributed by atoms with Crippen LogP contribution in [0.3, 0.4) is 0 Å². The molecule has 0 aromatic heterocycles. The van der Waals surface area contributed by atoms with E-state index in [1.807, 2.05) is 12.2 Å². The summed E-state index contributed by atoms with van der Waals surface area (Å²) in [4.78, 5) is 39.4. The van der Waals surface area contributed by atoms with E-state index in [9.17, 15) is 27.6 Å². The lowest BCUT2D eigenvalue weighted by molar-refractivity contribution is -0.171. The molecular weight excluding hydrogens is 409 g/mol. The second-order valence-electron chi connectivity index (χ2n) is 8.11. The second kappa shape index (κ2) is 6.08. The number of likely N-dealkylation sites (tertiary alicyclic amines) is 1. The van der Waals surface area contributed by atoms with Crippen LogP contribution in [0.4, 0.5) is 18.9 Å². The largest absolute Gasteiger partial charge is 0.471 e. The van der Waals surface area contributed by atoms with Crippen LogP contribution < -0.4 is 4.90 Å². The van der Waals surface area contributed by atoms with Crippen LogP contribution in [0.15, 0.2) is 36.4 Å². The highest BCUT2D eigenvalue weighted by Crippen LogP contribution is 2.65. The predicted molar refractivity (Wildman–Crippen MR) is 96.4 cm³/mol. The molecule has 6 rings (SSSR count). The Morgan fingerprint density at radius 3 is 2.21 bits per heavy atom. The topological polar surface area (TPSA) is 57.7 Å². The van der Waals surface area contributed by atoms with Crippen molar-refractivity contribution in [3.63, 3.8) is 0 Å². The van der Waals surface area contributed by atoms with E-state index in [1.165, 1.54) is 24.3 Å². The van der Waals surface area contributed by atoms with Gasteiger partial charge in [-0.1, -0.05) is 29.8 Å². The van der Waals surface area contributed by atoms with Gasteiger partial charge in [-0.2, -0.15) is 13.2 Å². The fourth-order valence-electron chi connectivity index (χ4n) is 5.36. The van der Waals surface area contributed by atoms with E-state index in [2.05, 4.69) is 0 Å². The van der Waals surface area contributed by atoms with E-state index in [0.29, 0.717) is 16.7 Å². The average molecular weight is 425 g/mol. The van der Waals surface area contributed by atoms with Gasteiger partial charge in [0.1, 0.15) is 6.67 Å². The molecule has 2 bridgehead atoms. The van der Waals surface area contributed by atoms with Gasteiger partial charge in [-0.3, -0.25) is 24.2 Å². The Bertz CT molecular complexity index is 927. The van der Waals surface area contributed by atoms with E-state index < -0.39 is 42.4 Å². The number of hydrogen-bond donors (Lipinski definition) is 0. The van der Waals surface area contributed by atoms with Gasteiger partial charge in [0.2, 0.25) is 11.8 Å². The maximum absolute atomic E-state index is 13.2. The molecule has 4 aliphatic carbocycles. The van der Waals surface area contributed by atoms with E-state index in [-0.39, 0.29) is 22.5 Å². The van der Waals surface area contributed by atoms with Gasteiger partial charge in [-0.15, -0.1) is 0 Å². The molecule has 3 amide bonds. The monoisotopic (exact) mass is 424 g/mol. The predicted octanol–water partition coefficient (Wildman–Crippen LogP) is 3.25. The average Bonchev–Trinajstić information content (AvgIpc) is 3.44. The van der Waals surface area contributed by atoms with Crippen molar-refractivity contribution in [3.8, 4) is 0 Å². The molecular formula is C20H16ClF3N2O3. The van der Waals surface area contributed by atoms with Crippen LogP contribution in [0.25, 0.3) is 0 Å². The molecule has 6 atom stereocenters. The number of nitrogens with zero attached hydrogens (tertiary/aromatic N) is 2. The molecule has 9 heteroatoms. The van der Waals surface area contributed by atoms with Crippen LogP contribution in [0.1, 0.15) is 6.42 Å². The molecule has 0 N–H and O–H groups in total. The van der Waals surface area contributed by atoms with Gasteiger partial charge in [0, 0.05) is 10.7 Å². The Morgan fingerprint density at radius 1 is 1.10 bits per heavy atom. The summed E-state index contributed by atoms with van der Waals surface area (Å²) in [6.45, 7) is -0.780. The second-order valence-corrected chi connectivity index (χ2v) is 8.55. The smallest absolute Gasteiger partial charge is 0.286 e. The maximum Gasteiger partial charge on any atom is 0.471 e. The zero-order valence-electron chi connectivity index (χ0n) is 15.0. The number of allylic oxidation sites excluding steroid dienone is 2. The molecule has 3 fully saturated rings. The van der Waals surface area contributed by atoms with Gasteiger partial charge in [0.05, 0.1) is 11.8 Å². The number of hydrogen-bond acceptors (Lipinski definition) is 3. The van der Waals surface area contributed by atoms with Crippen molar-refractivity contribution in [2.45, 2.75) is 12.6 Å². The quantitative estimate of drug-likeness (QED) is 0.553. The zero-order valence-corrected chi connectivity index (χ0v) is 15.7. The molecule has 0 spiro atoms. The first-order valence-corrected chi connectivity index (χ1v) is 9.74. The highest BCUT2D eigenvalue weighted by atomic mass is 35.5. The first kappa shape index (κ1) is 18.7. The third kappa shape index (κ3) is 2.72. The highest BCUT2D eigenvalue weighted by Gasteiger charge is 2.67. The summed E-state index contributed by atoms with van der Waals surface area (Å²) in [7, 11) is 0. The van der Waals surface area contributed by atoms with Crippen molar-refractivity contribution in [2.24, 2.45) is 35.5 Å². The van der Waals surface area contributed by atoms with Crippen LogP contribution in [0, 0.1) is 35.5 Å². The summed E-state index contributed by atoms with van der Waals surface area (Å²) in [5, 5.41) is 0.137. The van der Waals surface area contributed by atoms with Crippen molar-refractivity contribution < 1.29 is 27.6 Å². The SMILES string of the molecule is O=C1[C@@H]2[C@H]3C=C[C@H]([C@H]4C[C@H]34)[C@@H]2C(=O)N1CN(C(=O)C(F)(F)F)c1cccc(Cl)c1. The lowest BCUT2D eigenvalue weighted by atomic mass is 9.63. The summed E-state index contributed by atoms with van der Waals surface area (Å²) in [5.41, 5.74) is -0.126. The number of carbonyl (C=O) groups is 3.